The molecule has 0 aromatic heterocycles. The number of aliphatic hydroxyl groups is 2. The Kier molecular flexibility index (Phi) is 6.58. The van der Waals surface area contributed by atoms with Crippen molar-refractivity contribution >= 4 is 29.2 Å². The fourth-order valence-electron chi connectivity index (χ4n) is 8.37. The van der Waals surface area contributed by atoms with Crippen LogP contribution in [0.2, 0.25) is 0 Å². The number of carbonyl (C=O) groups excluding carboxylic acids is 4. The molecule has 216 valence electrons. The van der Waals surface area contributed by atoms with Crippen molar-refractivity contribution in [1.82, 2.24) is 0 Å². The number of hydrogen-bond donors (Lipinski definition) is 3. The third-order valence-electron chi connectivity index (χ3n) is 10.2. The van der Waals surface area contributed by atoms with E-state index < -0.39 is 76.1 Å². The van der Waals surface area contributed by atoms with Gasteiger partial charge in [-0.1, -0.05) is 45.9 Å². The molecular formula is C31H39NO8. The maximum atomic E-state index is 13.7. The summed E-state index contributed by atoms with van der Waals surface area (Å²) in [5.41, 5.74) is -4.88. The monoisotopic (exact) mass is 553 g/mol. The van der Waals surface area contributed by atoms with Crippen LogP contribution >= 0.6 is 0 Å². The average Bonchev–Trinajstić information content (AvgIpc) is 3.32. The van der Waals surface area contributed by atoms with Crippen molar-refractivity contribution in [2.24, 2.45) is 29.1 Å². The molecule has 3 saturated carbocycles. The maximum absolute atomic E-state index is 13.7. The first-order valence-electron chi connectivity index (χ1n) is 14.1. The number of ether oxygens (including phenoxy) is 2. The molecule has 0 heterocycles. The van der Waals surface area contributed by atoms with Crippen molar-refractivity contribution in [2.45, 2.75) is 83.2 Å². The van der Waals surface area contributed by atoms with Gasteiger partial charge in [-0.15, -0.1) is 0 Å². The molecule has 1 aromatic rings. The fraction of sp³-hybridized carbons (Fsp3) is 0.613. The normalized spacial score (nSPS) is 39.2. The van der Waals surface area contributed by atoms with Gasteiger partial charge in [0.1, 0.15) is 17.5 Å². The minimum absolute atomic E-state index is 0.0930. The van der Waals surface area contributed by atoms with E-state index in [-0.39, 0.29) is 29.8 Å². The van der Waals surface area contributed by atoms with Gasteiger partial charge in [-0.05, 0) is 31.1 Å². The second-order valence-electron chi connectivity index (χ2n) is 12.6. The van der Waals surface area contributed by atoms with Crippen LogP contribution in [-0.4, -0.2) is 63.7 Å². The Balaban J connectivity index is 1.67. The summed E-state index contributed by atoms with van der Waals surface area (Å²) in [5, 5.41) is 27.4. The van der Waals surface area contributed by atoms with E-state index in [2.05, 4.69) is 5.32 Å². The van der Waals surface area contributed by atoms with Gasteiger partial charge in [0.2, 0.25) is 0 Å². The highest BCUT2D eigenvalue weighted by molar-refractivity contribution is 6.07. The zero-order valence-corrected chi connectivity index (χ0v) is 23.9. The number of Topliss-reactive ketones (excluding diaryl/α,β-unsaturated/α-hetero) is 2. The average molecular weight is 554 g/mol. The van der Waals surface area contributed by atoms with Gasteiger partial charge in [0.25, 0.3) is 0 Å². The maximum Gasteiger partial charge on any atom is 0.340 e. The summed E-state index contributed by atoms with van der Waals surface area (Å²) in [7, 11) is 1.69. The highest BCUT2D eigenvalue weighted by Gasteiger charge is 2.88. The summed E-state index contributed by atoms with van der Waals surface area (Å²) in [5.74, 6) is -5.33. The predicted octanol–water partition coefficient (Wildman–Crippen LogP) is 3.23. The van der Waals surface area contributed by atoms with E-state index in [1.165, 1.54) is 0 Å². The molecule has 3 N–H and O–H groups in total. The molecule has 0 spiro atoms. The molecule has 0 saturated heterocycles. The van der Waals surface area contributed by atoms with Gasteiger partial charge in [-0.25, -0.2) is 4.79 Å². The summed E-state index contributed by atoms with van der Waals surface area (Å²) in [6, 6.07) is 6.85. The Morgan fingerprint density at radius 2 is 1.82 bits per heavy atom. The summed E-state index contributed by atoms with van der Waals surface area (Å²) < 4.78 is 12.5. The highest BCUT2D eigenvalue weighted by atomic mass is 16.6. The number of para-hydroxylation sites is 1. The van der Waals surface area contributed by atoms with E-state index in [4.69, 9.17) is 9.47 Å². The standard InChI is InChI=1S/C31H39NO8/c1-7-10-23(34)40-31-24(28(31,4)5)20-14-18(33)15-29(37)22(13-16(2)25(29)35)30(20,38)17(3)26(31)39-27(36)19-11-8-9-12-21(19)32-6/h8-9,11-13,17,20,22,24,26,32,37-38H,7,10,14-15H2,1-6H3/t17-,20?,22?,24?,26+,29+,30-,31-/m0/s1. The minimum atomic E-state index is -2.09. The van der Waals surface area contributed by atoms with Crippen molar-refractivity contribution < 1.29 is 38.9 Å². The highest BCUT2D eigenvalue weighted by Crippen LogP contribution is 2.77. The van der Waals surface area contributed by atoms with Crippen LogP contribution in [0.25, 0.3) is 0 Å². The summed E-state index contributed by atoms with van der Waals surface area (Å²) in [4.78, 5) is 53.1. The van der Waals surface area contributed by atoms with Gasteiger partial charge >= 0.3 is 11.9 Å². The molecule has 4 aliphatic carbocycles. The second-order valence-corrected chi connectivity index (χ2v) is 12.6. The van der Waals surface area contributed by atoms with E-state index in [1.807, 2.05) is 20.8 Å². The molecule has 0 radical (unpaired) electrons. The lowest BCUT2D eigenvalue weighted by atomic mass is 9.58. The summed E-state index contributed by atoms with van der Waals surface area (Å²) in [6.07, 6.45) is 0.660. The third kappa shape index (κ3) is 3.59. The quantitative estimate of drug-likeness (QED) is 0.453. The lowest BCUT2D eigenvalue weighted by molar-refractivity contribution is -0.224. The smallest absolute Gasteiger partial charge is 0.340 e. The Morgan fingerprint density at radius 3 is 2.48 bits per heavy atom. The van der Waals surface area contributed by atoms with E-state index in [1.54, 1.807) is 51.2 Å². The molecule has 9 heteroatoms. The van der Waals surface area contributed by atoms with Gasteiger partial charge in [0.05, 0.1) is 11.2 Å². The van der Waals surface area contributed by atoms with Crippen LogP contribution in [0, 0.1) is 29.1 Å². The van der Waals surface area contributed by atoms with Crippen molar-refractivity contribution in [3.63, 3.8) is 0 Å². The van der Waals surface area contributed by atoms with Crippen LogP contribution in [0.3, 0.4) is 0 Å². The van der Waals surface area contributed by atoms with Crippen molar-refractivity contribution in [3.8, 4) is 0 Å². The number of fused-ring (bicyclic) bond motifs is 5. The third-order valence-corrected chi connectivity index (χ3v) is 10.2. The first-order valence-corrected chi connectivity index (χ1v) is 14.1. The van der Waals surface area contributed by atoms with Crippen LogP contribution in [0.5, 0.6) is 0 Å². The van der Waals surface area contributed by atoms with Crippen LogP contribution in [0.15, 0.2) is 35.9 Å². The zero-order valence-electron chi connectivity index (χ0n) is 23.9. The molecule has 0 amide bonds. The molecule has 4 aliphatic rings. The largest absolute Gasteiger partial charge is 0.454 e. The second kappa shape index (κ2) is 9.24. The van der Waals surface area contributed by atoms with E-state index in [9.17, 15) is 29.4 Å². The molecule has 8 atom stereocenters. The molecule has 3 unspecified atom stereocenters. The number of anilines is 1. The van der Waals surface area contributed by atoms with Crippen LogP contribution in [0.4, 0.5) is 5.69 Å². The Morgan fingerprint density at radius 1 is 1.15 bits per heavy atom. The molecule has 9 nitrogen and oxygen atoms in total. The zero-order chi connectivity index (χ0) is 29.4. The fourth-order valence-corrected chi connectivity index (χ4v) is 8.37. The summed E-state index contributed by atoms with van der Waals surface area (Å²) >= 11 is 0. The number of rotatable bonds is 6. The first-order chi connectivity index (χ1) is 18.7. The number of ketones is 2. The van der Waals surface area contributed by atoms with E-state index in [0.717, 1.165) is 0 Å². The Hall–Kier alpha value is -3.04. The molecule has 0 aliphatic heterocycles. The lowest BCUT2D eigenvalue weighted by Crippen LogP contribution is -2.66. The van der Waals surface area contributed by atoms with Gasteiger partial charge < -0.3 is 25.0 Å². The van der Waals surface area contributed by atoms with Crippen LogP contribution in [0.1, 0.15) is 70.7 Å². The Labute approximate surface area is 234 Å². The van der Waals surface area contributed by atoms with Crippen molar-refractivity contribution in [1.29, 1.82) is 0 Å². The number of nitrogens with one attached hydrogen (secondary N) is 1. The number of hydrogen-bond acceptors (Lipinski definition) is 9. The van der Waals surface area contributed by atoms with Crippen LogP contribution < -0.4 is 5.32 Å². The van der Waals surface area contributed by atoms with E-state index in [0.29, 0.717) is 12.1 Å². The molecular weight excluding hydrogens is 514 g/mol. The van der Waals surface area contributed by atoms with Crippen molar-refractivity contribution in [2.75, 3.05) is 12.4 Å². The van der Waals surface area contributed by atoms with Gasteiger partial charge in [-0.3, -0.25) is 14.4 Å². The molecule has 1 aromatic carbocycles. The SMILES string of the molecule is CCCC(=O)O[C@@]12C(C3CC(=O)C[C@]4(O)C(=O)C(C)=CC4[C@]3(O)[C@@H](C)[C@H]1OC(=O)c1ccccc1NC)C2(C)C. The topological polar surface area (TPSA) is 139 Å². The van der Waals surface area contributed by atoms with Gasteiger partial charge in [0, 0.05) is 61.1 Å². The minimum Gasteiger partial charge on any atom is -0.454 e. The van der Waals surface area contributed by atoms with Gasteiger partial charge in [0.15, 0.2) is 11.4 Å². The Bertz CT molecular complexity index is 1320. The number of esters is 2. The molecule has 3 fully saturated rings. The van der Waals surface area contributed by atoms with E-state index >= 15 is 0 Å². The molecule has 5 rings (SSSR count). The van der Waals surface area contributed by atoms with Crippen LogP contribution in [-0.2, 0) is 23.9 Å². The molecule has 40 heavy (non-hydrogen) atoms. The predicted molar refractivity (Wildman–Crippen MR) is 145 cm³/mol. The number of carbonyl (C=O) groups is 4. The summed E-state index contributed by atoms with van der Waals surface area (Å²) in [6.45, 7) is 8.90. The van der Waals surface area contributed by atoms with Crippen molar-refractivity contribution in [3.05, 3.63) is 41.5 Å². The number of benzene rings is 1. The molecule has 0 bridgehead atoms. The lowest BCUT2D eigenvalue weighted by Gasteiger charge is -2.53. The first kappa shape index (κ1) is 28.5. The van der Waals surface area contributed by atoms with Gasteiger partial charge in [-0.2, -0.15) is 0 Å².